The zero-order valence-corrected chi connectivity index (χ0v) is 9.27. The number of ether oxygens (including phenoxy) is 1. The summed E-state index contributed by atoms with van der Waals surface area (Å²) in [6.45, 7) is 2.50. The molecule has 0 aliphatic carbocycles. The number of methoxy groups -OCH3 is 1. The molecule has 6 nitrogen and oxygen atoms in total. The van der Waals surface area contributed by atoms with E-state index < -0.39 is 4.92 Å². The normalized spacial score (nSPS) is 12.1. The standard InChI is InChI=1S/C10H15N3O3/c1-7(6-16-2)12-8-3-4-10(13(14)15)9(11)5-8/h3-5,7,12H,6,11H2,1-2H3. The second-order valence-corrected chi connectivity index (χ2v) is 3.53. The molecule has 3 N–H and O–H groups in total. The molecule has 16 heavy (non-hydrogen) atoms. The number of hydrogen-bond donors (Lipinski definition) is 2. The Morgan fingerprint density at radius 2 is 2.31 bits per heavy atom. The van der Waals surface area contributed by atoms with Crippen molar-refractivity contribution in [1.29, 1.82) is 0 Å². The predicted octanol–water partition coefficient (Wildman–Crippen LogP) is 1.62. The van der Waals surface area contributed by atoms with Crippen LogP contribution in [0.5, 0.6) is 0 Å². The van der Waals surface area contributed by atoms with Crippen molar-refractivity contribution in [3.8, 4) is 0 Å². The van der Waals surface area contributed by atoms with E-state index in [2.05, 4.69) is 5.32 Å². The van der Waals surface area contributed by atoms with Crippen LogP contribution in [0.3, 0.4) is 0 Å². The Kier molecular flexibility index (Phi) is 4.07. The molecular weight excluding hydrogens is 210 g/mol. The van der Waals surface area contributed by atoms with Gasteiger partial charge in [-0.25, -0.2) is 0 Å². The second kappa shape index (κ2) is 5.32. The van der Waals surface area contributed by atoms with Crippen LogP contribution in [0, 0.1) is 10.1 Å². The van der Waals surface area contributed by atoms with Gasteiger partial charge in [-0.2, -0.15) is 0 Å². The lowest BCUT2D eigenvalue weighted by atomic mass is 10.2. The number of nitrogens with one attached hydrogen (secondary N) is 1. The van der Waals surface area contributed by atoms with Crippen LogP contribution in [0.4, 0.5) is 17.1 Å². The van der Waals surface area contributed by atoms with Gasteiger partial charge in [0.1, 0.15) is 5.69 Å². The molecule has 88 valence electrons. The van der Waals surface area contributed by atoms with E-state index in [0.717, 1.165) is 5.69 Å². The molecule has 1 aromatic carbocycles. The maximum atomic E-state index is 10.5. The summed E-state index contributed by atoms with van der Waals surface area (Å²) in [5.41, 5.74) is 6.38. The molecule has 0 heterocycles. The number of benzene rings is 1. The third-order valence-corrected chi connectivity index (χ3v) is 2.05. The largest absolute Gasteiger partial charge is 0.393 e. The zero-order valence-electron chi connectivity index (χ0n) is 9.27. The first-order valence-electron chi connectivity index (χ1n) is 4.84. The number of nitro groups is 1. The molecule has 0 aromatic heterocycles. The Hall–Kier alpha value is -1.82. The summed E-state index contributed by atoms with van der Waals surface area (Å²) in [6, 6.07) is 4.67. The average Bonchev–Trinajstić information content (AvgIpc) is 2.17. The minimum atomic E-state index is -0.502. The van der Waals surface area contributed by atoms with Gasteiger partial charge in [0.25, 0.3) is 5.69 Å². The Balaban J connectivity index is 2.77. The molecule has 1 rings (SSSR count). The van der Waals surface area contributed by atoms with Crippen LogP contribution in [0.15, 0.2) is 18.2 Å². The van der Waals surface area contributed by atoms with Crippen LogP contribution in [-0.4, -0.2) is 24.7 Å². The number of nitrogens with two attached hydrogens (primary N) is 1. The van der Waals surface area contributed by atoms with Gasteiger partial charge in [0.2, 0.25) is 0 Å². The minimum absolute atomic E-state index is 0.0788. The third kappa shape index (κ3) is 3.09. The number of nitrogen functional groups attached to an aromatic ring is 1. The molecule has 0 aliphatic heterocycles. The fourth-order valence-corrected chi connectivity index (χ4v) is 1.39. The molecule has 1 unspecified atom stereocenters. The number of hydrogen-bond acceptors (Lipinski definition) is 5. The van der Waals surface area contributed by atoms with E-state index >= 15 is 0 Å². The summed E-state index contributed by atoms with van der Waals surface area (Å²) in [5.74, 6) is 0. The van der Waals surface area contributed by atoms with Crippen molar-refractivity contribution in [2.45, 2.75) is 13.0 Å². The van der Waals surface area contributed by atoms with E-state index in [1.54, 1.807) is 19.2 Å². The summed E-state index contributed by atoms with van der Waals surface area (Å²) in [4.78, 5) is 10.0. The van der Waals surface area contributed by atoms with Crippen LogP contribution in [0.2, 0.25) is 0 Å². The molecule has 0 bridgehead atoms. The van der Waals surface area contributed by atoms with Crippen LogP contribution in [0.25, 0.3) is 0 Å². The predicted molar refractivity (Wildman–Crippen MR) is 62.5 cm³/mol. The summed E-state index contributed by atoms with van der Waals surface area (Å²) >= 11 is 0. The third-order valence-electron chi connectivity index (χ3n) is 2.05. The minimum Gasteiger partial charge on any atom is -0.393 e. The van der Waals surface area contributed by atoms with Gasteiger partial charge in [0.05, 0.1) is 11.5 Å². The maximum Gasteiger partial charge on any atom is 0.292 e. The van der Waals surface area contributed by atoms with Gasteiger partial charge in [-0.15, -0.1) is 0 Å². The molecule has 0 saturated carbocycles. The van der Waals surface area contributed by atoms with E-state index in [0.29, 0.717) is 6.61 Å². The lowest BCUT2D eigenvalue weighted by molar-refractivity contribution is -0.383. The Morgan fingerprint density at radius 1 is 1.62 bits per heavy atom. The van der Waals surface area contributed by atoms with Gasteiger partial charge < -0.3 is 15.8 Å². The molecule has 6 heteroatoms. The van der Waals surface area contributed by atoms with Crippen molar-refractivity contribution < 1.29 is 9.66 Å². The zero-order chi connectivity index (χ0) is 12.1. The van der Waals surface area contributed by atoms with Crippen LogP contribution in [-0.2, 0) is 4.74 Å². The van der Waals surface area contributed by atoms with E-state index in [-0.39, 0.29) is 17.4 Å². The molecule has 1 aromatic rings. The van der Waals surface area contributed by atoms with E-state index in [4.69, 9.17) is 10.5 Å². The highest BCUT2D eigenvalue weighted by Crippen LogP contribution is 2.24. The molecule has 0 spiro atoms. The fourth-order valence-electron chi connectivity index (χ4n) is 1.39. The smallest absolute Gasteiger partial charge is 0.292 e. The van der Waals surface area contributed by atoms with E-state index in [1.807, 2.05) is 6.92 Å². The van der Waals surface area contributed by atoms with Crippen LogP contribution in [0.1, 0.15) is 6.92 Å². The monoisotopic (exact) mass is 225 g/mol. The Morgan fingerprint density at radius 3 is 2.81 bits per heavy atom. The lowest BCUT2D eigenvalue weighted by Gasteiger charge is -2.14. The van der Waals surface area contributed by atoms with Crippen molar-refractivity contribution in [3.63, 3.8) is 0 Å². The summed E-state index contributed by atoms with van der Waals surface area (Å²) in [5, 5.41) is 13.7. The average molecular weight is 225 g/mol. The molecule has 1 atom stereocenters. The van der Waals surface area contributed by atoms with Gasteiger partial charge in [-0.05, 0) is 19.1 Å². The van der Waals surface area contributed by atoms with Crippen molar-refractivity contribution in [1.82, 2.24) is 0 Å². The number of nitrogens with zero attached hydrogens (tertiary/aromatic N) is 1. The topological polar surface area (TPSA) is 90.4 Å². The molecule has 0 fully saturated rings. The molecule has 0 saturated heterocycles. The maximum absolute atomic E-state index is 10.5. The van der Waals surface area contributed by atoms with Crippen molar-refractivity contribution in [3.05, 3.63) is 28.3 Å². The van der Waals surface area contributed by atoms with Gasteiger partial charge in [0.15, 0.2) is 0 Å². The quantitative estimate of drug-likeness (QED) is 0.451. The van der Waals surface area contributed by atoms with Gasteiger partial charge in [-0.1, -0.05) is 0 Å². The van der Waals surface area contributed by atoms with E-state index in [9.17, 15) is 10.1 Å². The van der Waals surface area contributed by atoms with Gasteiger partial charge in [-0.3, -0.25) is 10.1 Å². The van der Waals surface area contributed by atoms with Crippen molar-refractivity contribution >= 4 is 17.1 Å². The Bertz CT molecular complexity index is 382. The highest BCUT2D eigenvalue weighted by molar-refractivity contribution is 5.65. The van der Waals surface area contributed by atoms with Crippen molar-refractivity contribution in [2.75, 3.05) is 24.8 Å². The van der Waals surface area contributed by atoms with Crippen LogP contribution >= 0.6 is 0 Å². The molecular formula is C10H15N3O3. The molecule has 0 radical (unpaired) electrons. The molecule has 0 aliphatic rings. The number of rotatable bonds is 5. The van der Waals surface area contributed by atoms with Gasteiger partial charge >= 0.3 is 0 Å². The first-order valence-corrected chi connectivity index (χ1v) is 4.84. The first kappa shape index (κ1) is 12.3. The first-order chi connectivity index (χ1) is 7.54. The molecule has 0 amide bonds. The summed E-state index contributed by atoms with van der Waals surface area (Å²) in [6.07, 6.45) is 0. The fraction of sp³-hybridized carbons (Fsp3) is 0.400. The number of nitro benzene ring substituents is 1. The van der Waals surface area contributed by atoms with Crippen LogP contribution < -0.4 is 11.1 Å². The highest BCUT2D eigenvalue weighted by Gasteiger charge is 2.11. The summed E-state index contributed by atoms with van der Waals surface area (Å²) in [7, 11) is 1.61. The lowest BCUT2D eigenvalue weighted by Crippen LogP contribution is -2.20. The number of anilines is 2. The van der Waals surface area contributed by atoms with Gasteiger partial charge in [0, 0.05) is 24.9 Å². The summed E-state index contributed by atoms with van der Waals surface area (Å²) < 4.78 is 4.97. The van der Waals surface area contributed by atoms with Crippen molar-refractivity contribution in [2.24, 2.45) is 0 Å². The SMILES string of the molecule is COCC(C)Nc1ccc([N+](=O)[O-])c(N)c1. The Labute approximate surface area is 93.5 Å². The second-order valence-electron chi connectivity index (χ2n) is 3.53. The van der Waals surface area contributed by atoms with E-state index in [1.165, 1.54) is 6.07 Å². The highest BCUT2D eigenvalue weighted by atomic mass is 16.6.